The Kier molecular flexibility index (Phi) is 2.30. The molecule has 0 amide bonds. The lowest BCUT2D eigenvalue weighted by Gasteiger charge is -2.20. The van der Waals surface area contributed by atoms with Crippen LogP contribution in [0, 0.1) is 5.82 Å². The Morgan fingerprint density at radius 1 is 1.47 bits per heavy atom. The van der Waals surface area contributed by atoms with Gasteiger partial charge in [-0.05, 0) is 26.0 Å². The number of fused-ring (bicyclic) bond motifs is 1. The second kappa shape index (κ2) is 3.44. The van der Waals surface area contributed by atoms with E-state index in [1.54, 1.807) is 0 Å². The summed E-state index contributed by atoms with van der Waals surface area (Å²) in [7, 11) is 0. The third-order valence-corrected chi connectivity index (χ3v) is 2.75. The van der Waals surface area contributed by atoms with Crippen molar-refractivity contribution in [2.24, 2.45) is 0 Å². The fourth-order valence-corrected chi connectivity index (χ4v) is 1.75. The molecule has 0 atom stereocenters. The van der Waals surface area contributed by atoms with Crippen LogP contribution in [0.3, 0.4) is 0 Å². The number of nitrogens with zero attached hydrogens (tertiary/aromatic N) is 1. The monoisotopic (exact) mass is 238 g/mol. The Hall–Kier alpha value is -2.11. The van der Waals surface area contributed by atoms with Gasteiger partial charge in [0.2, 0.25) is 0 Å². The van der Waals surface area contributed by atoms with E-state index in [1.165, 1.54) is 32.0 Å². The number of para-hydroxylation sites is 1. The summed E-state index contributed by atoms with van der Waals surface area (Å²) < 4.78 is 14.5. The summed E-state index contributed by atoms with van der Waals surface area (Å²) in [5.41, 5.74) is -1.82. The first-order valence-corrected chi connectivity index (χ1v) is 4.99. The highest BCUT2D eigenvalue weighted by Gasteiger charge is 2.33. The van der Waals surface area contributed by atoms with Crippen molar-refractivity contribution in [3.05, 3.63) is 34.5 Å². The summed E-state index contributed by atoms with van der Waals surface area (Å²) in [5, 5.41) is 9.10. The first kappa shape index (κ1) is 11.4. The van der Waals surface area contributed by atoms with E-state index in [4.69, 9.17) is 5.11 Å². The van der Waals surface area contributed by atoms with Crippen molar-refractivity contribution in [3.63, 3.8) is 0 Å². The maximum absolute atomic E-state index is 13.4. The molecular formula is C11H11FN2O3. The predicted molar refractivity (Wildman–Crippen MR) is 59.5 cm³/mol. The van der Waals surface area contributed by atoms with E-state index >= 15 is 0 Å². The van der Waals surface area contributed by atoms with Gasteiger partial charge in [0, 0.05) is 0 Å². The van der Waals surface area contributed by atoms with Gasteiger partial charge >= 0.3 is 11.7 Å². The number of carboxylic acid groups (broad SMARTS) is 1. The smallest absolute Gasteiger partial charge is 0.329 e. The highest BCUT2D eigenvalue weighted by molar-refractivity contribution is 5.82. The molecule has 0 saturated carbocycles. The zero-order valence-electron chi connectivity index (χ0n) is 9.32. The molecule has 6 heteroatoms. The first-order chi connectivity index (χ1) is 7.85. The lowest BCUT2D eigenvalue weighted by atomic mass is 10.1. The third kappa shape index (κ3) is 1.52. The maximum Gasteiger partial charge on any atom is 0.329 e. The number of carboxylic acids is 1. The average Bonchev–Trinajstić information content (AvgIpc) is 2.56. The SMILES string of the molecule is CC(C)(C(=O)O)n1c(=O)[nH]c2c(F)cccc21. The molecular weight excluding hydrogens is 227 g/mol. The lowest BCUT2D eigenvalue weighted by molar-refractivity contribution is -0.145. The number of rotatable bonds is 2. The number of hydrogen-bond donors (Lipinski definition) is 2. The third-order valence-electron chi connectivity index (χ3n) is 2.75. The predicted octanol–water partition coefficient (Wildman–Crippen LogP) is 1.29. The van der Waals surface area contributed by atoms with E-state index in [0.29, 0.717) is 0 Å². The highest BCUT2D eigenvalue weighted by atomic mass is 19.1. The zero-order chi connectivity index (χ0) is 12.8. The summed E-state index contributed by atoms with van der Waals surface area (Å²) in [5.74, 6) is -1.75. The van der Waals surface area contributed by atoms with Gasteiger partial charge in [-0.3, -0.25) is 4.57 Å². The van der Waals surface area contributed by atoms with E-state index in [2.05, 4.69) is 4.98 Å². The fraction of sp³-hybridized carbons (Fsp3) is 0.273. The first-order valence-electron chi connectivity index (χ1n) is 4.99. The van der Waals surface area contributed by atoms with Crippen molar-refractivity contribution < 1.29 is 14.3 Å². The Balaban J connectivity index is 2.88. The van der Waals surface area contributed by atoms with Crippen LogP contribution in [0.1, 0.15) is 13.8 Å². The number of imidazole rings is 1. The van der Waals surface area contributed by atoms with Gasteiger partial charge in [0.05, 0.1) is 5.52 Å². The molecule has 0 bridgehead atoms. The second-order valence-electron chi connectivity index (χ2n) is 4.26. The lowest BCUT2D eigenvalue weighted by Crippen LogP contribution is -2.41. The molecule has 0 unspecified atom stereocenters. The van der Waals surface area contributed by atoms with Crippen molar-refractivity contribution in [1.29, 1.82) is 0 Å². The molecule has 5 nitrogen and oxygen atoms in total. The van der Waals surface area contributed by atoms with Crippen LogP contribution in [-0.4, -0.2) is 20.6 Å². The van der Waals surface area contributed by atoms with Gasteiger partial charge in [-0.1, -0.05) is 6.07 Å². The summed E-state index contributed by atoms with van der Waals surface area (Å²) in [4.78, 5) is 25.2. The van der Waals surface area contributed by atoms with E-state index in [9.17, 15) is 14.0 Å². The number of nitrogens with one attached hydrogen (secondary N) is 1. The van der Waals surface area contributed by atoms with Crippen molar-refractivity contribution >= 4 is 17.0 Å². The van der Waals surface area contributed by atoms with Crippen LogP contribution in [0.4, 0.5) is 4.39 Å². The van der Waals surface area contributed by atoms with Gasteiger partial charge in [-0.25, -0.2) is 14.0 Å². The molecule has 1 aromatic carbocycles. The topological polar surface area (TPSA) is 75.1 Å². The van der Waals surface area contributed by atoms with Gasteiger partial charge in [0.1, 0.15) is 16.9 Å². The average molecular weight is 238 g/mol. The number of aromatic amines is 1. The molecule has 0 radical (unpaired) electrons. The minimum absolute atomic E-state index is 0.0202. The molecule has 2 aromatic rings. The quantitative estimate of drug-likeness (QED) is 0.827. The van der Waals surface area contributed by atoms with E-state index in [1.807, 2.05) is 0 Å². The summed E-state index contributed by atoms with van der Waals surface area (Å²) in [6.07, 6.45) is 0. The number of carbonyl (C=O) groups is 1. The molecule has 0 aliphatic heterocycles. The highest BCUT2D eigenvalue weighted by Crippen LogP contribution is 2.21. The van der Waals surface area contributed by atoms with Crippen LogP contribution in [0.25, 0.3) is 11.0 Å². The number of aliphatic carboxylic acids is 1. The van der Waals surface area contributed by atoms with Crippen molar-refractivity contribution in [2.75, 3.05) is 0 Å². The molecule has 0 saturated heterocycles. The van der Waals surface area contributed by atoms with Gasteiger partial charge < -0.3 is 10.1 Å². The second-order valence-corrected chi connectivity index (χ2v) is 4.26. The zero-order valence-corrected chi connectivity index (χ0v) is 9.32. The molecule has 0 aliphatic rings. The van der Waals surface area contributed by atoms with Crippen molar-refractivity contribution in [1.82, 2.24) is 9.55 Å². The molecule has 2 rings (SSSR count). The van der Waals surface area contributed by atoms with Gasteiger partial charge in [-0.15, -0.1) is 0 Å². The summed E-state index contributed by atoms with van der Waals surface area (Å²) >= 11 is 0. The van der Waals surface area contributed by atoms with Crippen LogP contribution >= 0.6 is 0 Å². The minimum Gasteiger partial charge on any atom is -0.480 e. The minimum atomic E-state index is -1.44. The van der Waals surface area contributed by atoms with Crippen LogP contribution < -0.4 is 5.69 Å². The van der Waals surface area contributed by atoms with Crippen molar-refractivity contribution in [2.45, 2.75) is 19.4 Å². The summed E-state index contributed by atoms with van der Waals surface area (Å²) in [6, 6.07) is 4.14. The Morgan fingerprint density at radius 3 is 2.71 bits per heavy atom. The Morgan fingerprint density at radius 2 is 2.12 bits per heavy atom. The van der Waals surface area contributed by atoms with Gasteiger partial charge in [0.15, 0.2) is 0 Å². The number of hydrogen-bond acceptors (Lipinski definition) is 2. The fourth-order valence-electron chi connectivity index (χ4n) is 1.75. The molecule has 90 valence electrons. The van der Waals surface area contributed by atoms with E-state index < -0.39 is 23.0 Å². The molecule has 0 aliphatic carbocycles. The maximum atomic E-state index is 13.4. The normalized spacial score (nSPS) is 11.9. The van der Waals surface area contributed by atoms with Crippen LogP contribution in [0.2, 0.25) is 0 Å². The Labute approximate surface area is 95.5 Å². The Bertz CT molecular complexity index is 654. The molecule has 0 spiro atoms. The standard InChI is InChI=1S/C11H11FN2O3/c1-11(2,9(15)16)14-7-5-3-4-6(12)8(7)13-10(14)17/h3-5H,1-2H3,(H,13,17)(H,15,16). The summed E-state index contributed by atoms with van der Waals surface area (Å²) in [6.45, 7) is 2.77. The molecule has 2 N–H and O–H groups in total. The van der Waals surface area contributed by atoms with Crippen LogP contribution in [-0.2, 0) is 10.3 Å². The number of H-pyrrole nitrogens is 1. The molecule has 0 fully saturated rings. The number of halogens is 1. The molecule has 1 aromatic heterocycles. The largest absolute Gasteiger partial charge is 0.480 e. The van der Waals surface area contributed by atoms with Gasteiger partial charge in [-0.2, -0.15) is 0 Å². The van der Waals surface area contributed by atoms with E-state index in [0.717, 1.165) is 4.57 Å². The van der Waals surface area contributed by atoms with Crippen LogP contribution in [0.5, 0.6) is 0 Å². The number of aromatic nitrogens is 2. The van der Waals surface area contributed by atoms with Gasteiger partial charge in [0.25, 0.3) is 0 Å². The number of benzene rings is 1. The van der Waals surface area contributed by atoms with E-state index in [-0.39, 0.29) is 11.0 Å². The molecule has 17 heavy (non-hydrogen) atoms. The molecule has 1 heterocycles. The van der Waals surface area contributed by atoms with Crippen molar-refractivity contribution in [3.8, 4) is 0 Å². The van der Waals surface area contributed by atoms with Crippen LogP contribution in [0.15, 0.2) is 23.0 Å².